The molecule has 3 aliphatic heterocycles. The summed E-state index contributed by atoms with van der Waals surface area (Å²) in [6.07, 6.45) is 3.32. The smallest absolute Gasteiger partial charge is 0.265 e. The van der Waals surface area contributed by atoms with Crippen LogP contribution in [0.15, 0.2) is 24.3 Å². The SMILES string of the molecule is Cl.O=C(CN1C(=O)COc2ccccc21)N1CCC2(CCNC2)CC1. The van der Waals surface area contributed by atoms with Crippen LogP contribution in [0, 0.1) is 5.41 Å². The van der Waals surface area contributed by atoms with Crippen molar-refractivity contribution < 1.29 is 14.3 Å². The second-order valence-corrected chi connectivity index (χ2v) is 7.04. The van der Waals surface area contributed by atoms with Gasteiger partial charge in [-0.05, 0) is 43.4 Å². The van der Waals surface area contributed by atoms with Crippen molar-refractivity contribution in [1.82, 2.24) is 10.2 Å². The molecule has 1 N–H and O–H groups in total. The zero-order valence-electron chi connectivity index (χ0n) is 14.2. The van der Waals surface area contributed by atoms with Crippen molar-refractivity contribution in [3.63, 3.8) is 0 Å². The summed E-state index contributed by atoms with van der Waals surface area (Å²) in [5.74, 6) is 0.538. The molecule has 3 aliphatic rings. The van der Waals surface area contributed by atoms with Gasteiger partial charge in [0.1, 0.15) is 12.3 Å². The Balaban J connectivity index is 0.00000182. The van der Waals surface area contributed by atoms with Crippen LogP contribution in [-0.2, 0) is 9.59 Å². The molecule has 0 aromatic heterocycles. The Morgan fingerprint density at radius 1 is 1.20 bits per heavy atom. The Kier molecular flexibility index (Phi) is 5.20. The molecule has 6 nitrogen and oxygen atoms in total. The minimum atomic E-state index is -0.157. The van der Waals surface area contributed by atoms with Gasteiger partial charge in [-0.15, -0.1) is 12.4 Å². The van der Waals surface area contributed by atoms with E-state index in [0.29, 0.717) is 16.9 Å². The number of carbonyl (C=O) groups excluding carboxylic acids is 2. The lowest BCUT2D eigenvalue weighted by atomic mass is 9.78. The molecule has 0 unspecified atom stereocenters. The number of nitrogens with zero attached hydrogens (tertiary/aromatic N) is 2. The zero-order valence-corrected chi connectivity index (χ0v) is 15.0. The molecule has 2 amide bonds. The fraction of sp³-hybridized carbons (Fsp3) is 0.556. The Labute approximate surface area is 153 Å². The Hall–Kier alpha value is -1.79. The molecule has 0 atom stereocenters. The number of para-hydroxylation sites is 2. The van der Waals surface area contributed by atoms with Gasteiger partial charge in [0, 0.05) is 19.6 Å². The number of benzene rings is 1. The largest absolute Gasteiger partial charge is 0.482 e. The number of anilines is 1. The molecule has 136 valence electrons. The molecule has 1 spiro atoms. The van der Waals surface area contributed by atoms with E-state index in [9.17, 15) is 9.59 Å². The van der Waals surface area contributed by atoms with Crippen molar-refractivity contribution in [2.45, 2.75) is 19.3 Å². The molecule has 2 fully saturated rings. The highest BCUT2D eigenvalue weighted by atomic mass is 35.5. The highest BCUT2D eigenvalue weighted by molar-refractivity contribution is 6.02. The van der Waals surface area contributed by atoms with Gasteiger partial charge in [0.2, 0.25) is 5.91 Å². The minimum absolute atomic E-state index is 0. The number of hydrogen-bond acceptors (Lipinski definition) is 4. The summed E-state index contributed by atoms with van der Waals surface area (Å²) in [7, 11) is 0. The lowest BCUT2D eigenvalue weighted by Gasteiger charge is -2.39. The van der Waals surface area contributed by atoms with E-state index in [4.69, 9.17) is 4.74 Å². The fourth-order valence-electron chi connectivity index (χ4n) is 4.02. The molecule has 25 heavy (non-hydrogen) atoms. The van der Waals surface area contributed by atoms with Gasteiger partial charge in [-0.3, -0.25) is 14.5 Å². The number of nitrogens with one attached hydrogen (secondary N) is 1. The summed E-state index contributed by atoms with van der Waals surface area (Å²) < 4.78 is 5.43. The molecule has 4 rings (SSSR count). The second kappa shape index (κ2) is 7.22. The van der Waals surface area contributed by atoms with Crippen molar-refractivity contribution in [2.24, 2.45) is 5.41 Å². The van der Waals surface area contributed by atoms with Gasteiger partial charge in [0.15, 0.2) is 6.61 Å². The third-order valence-electron chi connectivity index (χ3n) is 5.61. The van der Waals surface area contributed by atoms with E-state index in [1.807, 2.05) is 29.2 Å². The number of likely N-dealkylation sites (tertiary alicyclic amines) is 1. The predicted molar refractivity (Wildman–Crippen MR) is 97.3 cm³/mol. The van der Waals surface area contributed by atoms with Crippen LogP contribution < -0.4 is 15.0 Å². The van der Waals surface area contributed by atoms with Crippen LogP contribution in [0.4, 0.5) is 5.69 Å². The maximum absolute atomic E-state index is 12.7. The standard InChI is InChI=1S/C18H23N3O3.ClH/c22-16(20-9-6-18(7-10-20)5-8-19-13-18)11-21-14-3-1-2-4-15(14)24-12-17(21)23;/h1-4,19H,5-13H2;1H. The average molecular weight is 366 g/mol. The summed E-state index contributed by atoms with van der Waals surface area (Å²) in [6.45, 7) is 3.85. The van der Waals surface area contributed by atoms with E-state index in [-0.39, 0.29) is 37.4 Å². The first-order valence-corrected chi connectivity index (χ1v) is 8.68. The quantitative estimate of drug-likeness (QED) is 0.861. The molecule has 0 radical (unpaired) electrons. The van der Waals surface area contributed by atoms with Crippen LogP contribution in [0.5, 0.6) is 5.75 Å². The summed E-state index contributed by atoms with van der Waals surface area (Å²) in [6, 6.07) is 7.39. The first-order chi connectivity index (χ1) is 11.7. The summed E-state index contributed by atoms with van der Waals surface area (Å²) >= 11 is 0. The first-order valence-electron chi connectivity index (χ1n) is 8.68. The number of amides is 2. The summed E-state index contributed by atoms with van der Waals surface area (Å²) in [5, 5.41) is 3.44. The van der Waals surface area contributed by atoms with Gasteiger partial charge in [-0.1, -0.05) is 12.1 Å². The van der Waals surface area contributed by atoms with Gasteiger partial charge in [-0.25, -0.2) is 0 Å². The number of carbonyl (C=O) groups is 2. The monoisotopic (exact) mass is 365 g/mol. The summed E-state index contributed by atoms with van der Waals surface area (Å²) in [4.78, 5) is 28.4. The van der Waals surface area contributed by atoms with Crippen molar-refractivity contribution in [1.29, 1.82) is 0 Å². The maximum atomic E-state index is 12.7. The highest BCUT2D eigenvalue weighted by Gasteiger charge is 2.38. The van der Waals surface area contributed by atoms with Gasteiger partial charge >= 0.3 is 0 Å². The van der Waals surface area contributed by atoms with E-state index in [2.05, 4.69) is 5.32 Å². The van der Waals surface area contributed by atoms with Crippen molar-refractivity contribution >= 4 is 29.9 Å². The van der Waals surface area contributed by atoms with Gasteiger partial charge in [-0.2, -0.15) is 0 Å². The molecule has 7 heteroatoms. The number of fused-ring (bicyclic) bond motifs is 1. The van der Waals surface area contributed by atoms with Crippen LogP contribution in [0.1, 0.15) is 19.3 Å². The van der Waals surface area contributed by atoms with E-state index < -0.39 is 0 Å². The lowest BCUT2D eigenvalue weighted by Crippen LogP contribution is -2.50. The molecule has 0 aliphatic carbocycles. The van der Waals surface area contributed by atoms with Crippen LogP contribution >= 0.6 is 12.4 Å². The van der Waals surface area contributed by atoms with Gasteiger partial charge in [0.05, 0.1) is 5.69 Å². The molecule has 1 aromatic rings. The fourth-order valence-corrected chi connectivity index (χ4v) is 4.02. The topological polar surface area (TPSA) is 61.9 Å². The van der Waals surface area contributed by atoms with E-state index in [1.54, 1.807) is 4.90 Å². The van der Waals surface area contributed by atoms with E-state index in [1.165, 1.54) is 6.42 Å². The third-order valence-corrected chi connectivity index (χ3v) is 5.61. The van der Waals surface area contributed by atoms with Crippen LogP contribution in [0.25, 0.3) is 0 Å². The predicted octanol–water partition coefficient (Wildman–Crippen LogP) is 1.44. The Morgan fingerprint density at radius 3 is 2.68 bits per heavy atom. The van der Waals surface area contributed by atoms with Crippen LogP contribution in [0.3, 0.4) is 0 Å². The lowest BCUT2D eigenvalue weighted by molar-refractivity contribution is -0.133. The molecule has 2 saturated heterocycles. The van der Waals surface area contributed by atoms with Crippen LogP contribution in [0.2, 0.25) is 0 Å². The maximum Gasteiger partial charge on any atom is 0.265 e. The van der Waals surface area contributed by atoms with E-state index >= 15 is 0 Å². The molecule has 0 saturated carbocycles. The number of piperidine rings is 1. The van der Waals surface area contributed by atoms with Crippen LogP contribution in [-0.4, -0.2) is 56.0 Å². The second-order valence-electron chi connectivity index (χ2n) is 7.04. The van der Waals surface area contributed by atoms with Crippen molar-refractivity contribution in [3.05, 3.63) is 24.3 Å². The number of rotatable bonds is 2. The van der Waals surface area contributed by atoms with E-state index in [0.717, 1.165) is 39.0 Å². The molecule has 3 heterocycles. The normalized spacial score (nSPS) is 21.5. The number of halogens is 1. The Bertz CT molecular complexity index is 651. The summed E-state index contributed by atoms with van der Waals surface area (Å²) in [5.41, 5.74) is 1.08. The average Bonchev–Trinajstić information content (AvgIpc) is 3.06. The Morgan fingerprint density at radius 2 is 1.96 bits per heavy atom. The minimum Gasteiger partial charge on any atom is -0.482 e. The molecular formula is C18H24ClN3O3. The third kappa shape index (κ3) is 3.46. The van der Waals surface area contributed by atoms with Gasteiger partial charge in [0.25, 0.3) is 5.91 Å². The van der Waals surface area contributed by atoms with Gasteiger partial charge < -0.3 is 15.0 Å². The highest BCUT2D eigenvalue weighted by Crippen LogP contribution is 2.37. The molecule has 0 bridgehead atoms. The first kappa shape index (κ1) is 18.0. The number of hydrogen-bond donors (Lipinski definition) is 1. The molecular weight excluding hydrogens is 342 g/mol. The van der Waals surface area contributed by atoms with Crippen molar-refractivity contribution in [2.75, 3.05) is 44.2 Å². The zero-order chi connectivity index (χ0) is 16.6. The van der Waals surface area contributed by atoms with Crippen molar-refractivity contribution in [3.8, 4) is 5.75 Å². The molecule has 1 aromatic carbocycles. The number of ether oxygens (including phenoxy) is 1.